The Kier molecular flexibility index (Phi) is 10.4. The van der Waals surface area contributed by atoms with Crippen molar-refractivity contribution in [2.45, 2.75) is 46.6 Å². The van der Waals surface area contributed by atoms with Gasteiger partial charge in [-0.1, -0.05) is 6.08 Å². The van der Waals surface area contributed by atoms with Crippen molar-refractivity contribution in [1.29, 1.82) is 0 Å². The van der Waals surface area contributed by atoms with Crippen LogP contribution in [0.15, 0.2) is 11.8 Å². The molecule has 0 spiro atoms. The molecule has 0 saturated heterocycles. The van der Waals surface area contributed by atoms with E-state index in [1.165, 1.54) is 0 Å². The second-order valence-corrected chi connectivity index (χ2v) is 7.24. The van der Waals surface area contributed by atoms with Crippen molar-refractivity contribution in [3.63, 3.8) is 0 Å². The average Bonchev–Trinajstić information content (AvgIpc) is 2.38. The van der Waals surface area contributed by atoms with Crippen LogP contribution >= 0.6 is 0 Å². The Bertz CT molecular complexity index is 255. The van der Waals surface area contributed by atoms with E-state index in [2.05, 4.69) is 0 Å². The molecule has 0 unspecified atom stereocenters. The van der Waals surface area contributed by atoms with Crippen LogP contribution in [-0.2, 0) is 18.0 Å². The van der Waals surface area contributed by atoms with Crippen LogP contribution in [0.5, 0.6) is 0 Å². The minimum absolute atomic E-state index is 0.390. The minimum Gasteiger partial charge on any atom is -0.371 e. The Morgan fingerprint density at radius 1 is 1.00 bits per heavy atom. The van der Waals surface area contributed by atoms with E-state index in [9.17, 15) is 0 Å². The van der Waals surface area contributed by atoms with Crippen molar-refractivity contribution in [2.24, 2.45) is 5.73 Å². The molecule has 0 aromatic carbocycles. The summed E-state index contributed by atoms with van der Waals surface area (Å²) < 4.78 is 23.1. The Morgan fingerprint density at radius 2 is 1.50 bits per heavy atom. The largest absolute Gasteiger partial charge is 0.529 e. The van der Waals surface area contributed by atoms with Gasteiger partial charge in [-0.05, 0) is 53.3 Å². The first-order valence-corrected chi connectivity index (χ1v) is 9.21. The molecule has 0 aliphatic heterocycles. The summed E-state index contributed by atoms with van der Waals surface area (Å²) in [5, 5.41) is 0. The van der Waals surface area contributed by atoms with Crippen molar-refractivity contribution < 1.29 is 18.0 Å². The lowest BCUT2D eigenvalue weighted by Crippen LogP contribution is -2.45. The van der Waals surface area contributed by atoms with E-state index in [1.807, 2.05) is 46.4 Å². The molecule has 0 aromatic rings. The van der Waals surface area contributed by atoms with Crippen LogP contribution in [0.4, 0.5) is 0 Å². The third kappa shape index (κ3) is 8.14. The smallest absolute Gasteiger partial charge is 0.371 e. The fraction of sp³-hybridized carbons (Fsp3) is 0.857. The van der Waals surface area contributed by atoms with E-state index in [1.54, 1.807) is 0 Å². The maximum absolute atomic E-state index is 5.79. The lowest BCUT2D eigenvalue weighted by Gasteiger charge is -2.27. The summed E-state index contributed by atoms with van der Waals surface area (Å²) in [6.07, 6.45) is 2.82. The summed E-state index contributed by atoms with van der Waals surface area (Å²) in [5.41, 5.74) is 7.00. The Hall–Kier alpha value is -0.243. The van der Waals surface area contributed by atoms with Gasteiger partial charge < -0.3 is 23.7 Å². The highest BCUT2D eigenvalue weighted by molar-refractivity contribution is 6.66. The van der Waals surface area contributed by atoms with Gasteiger partial charge in [0.15, 0.2) is 0 Å². The van der Waals surface area contributed by atoms with Crippen LogP contribution in [-0.4, -0.2) is 47.4 Å². The Balaban J connectivity index is 4.78. The molecule has 20 heavy (non-hydrogen) atoms. The summed E-state index contributed by atoms with van der Waals surface area (Å²) in [7, 11) is -2.74. The minimum atomic E-state index is -2.74. The molecule has 0 saturated carbocycles. The van der Waals surface area contributed by atoms with Gasteiger partial charge in [0.1, 0.15) is 0 Å². The standard InChI is InChI=1S/C14H31NO4Si/c1-6-17-20(18-7-2,19-8-3)13-10-14(4,5)16-12-9-11-15/h10,13H,6-9,11-12,15H2,1-5H3. The number of hydrogen-bond acceptors (Lipinski definition) is 5. The molecule has 0 bridgehead atoms. The first-order chi connectivity index (χ1) is 9.45. The summed E-state index contributed by atoms with van der Waals surface area (Å²) in [6.45, 7) is 12.8. The Morgan fingerprint density at radius 3 is 1.90 bits per heavy atom. The predicted octanol–water partition coefficient (Wildman–Crippen LogP) is 2.27. The number of ether oxygens (including phenoxy) is 1. The van der Waals surface area contributed by atoms with Crippen molar-refractivity contribution in [3.8, 4) is 0 Å². The molecule has 0 amide bonds. The van der Waals surface area contributed by atoms with E-state index < -0.39 is 14.4 Å². The third-order valence-electron chi connectivity index (χ3n) is 2.55. The third-order valence-corrected chi connectivity index (χ3v) is 5.20. The van der Waals surface area contributed by atoms with Crippen molar-refractivity contribution in [3.05, 3.63) is 11.8 Å². The van der Waals surface area contributed by atoms with Crippen LogP contribution in [0.25, 0.3) is 0 Å². The van der Waals surface area contributed by atoms with Gasteiger partial charge in [-0.25, -0.2) is 0 Å². The van der Waals surface area contributed by atoms with Crippen molar-refractivity contribution in [2.75, 3.05) is 33.0 Å². The summed E-state index contributed by atoms with van der Waals surface area (Å²) in [6, 6.07) is 0. The molecule has 0 atom stereocenters. The van der Waals surface area contributed by atoms with Crippen LogP contribution in [0.2, 0.25) is 0 Å². The molecule has 0 aromatic heterocycles. The zero-order chi connectivity index (χ0) is 15.5. The quantitative estimate of drug-likeness (QED) is 0.443. The topological polar surface area (TPSA) is 62.9 Å². The number of rotatable bonds is 12. The first-order valence-electron chi connectivity index (χ1n) is 7.41. The van der Waals surface area contributed by atoms with E-state index in [0.717, 1.165) is 6.42 Å². The number of nitrogens with two attached hydrogens (primary N) is 1. The second kappa shape index (κ2) is 10.5. The van der Waals surface area contributed by atoms with E-state index in [-0.39, 0.29) is 0 Å². The maximum atomic E-state index is 5.79. The highest BCUT2D eigenvalue weighted by Gasteiger charge is 2.38. The van der Waals surface area contributed by atoms with Gasteiger partial charge in [0, 0.05) is 26.4 Å². The molecular formula is C14H31NO4Si. The molecule has 0 fully saturated rings. The van der Waals surface area contributed by atoms with Crippen LogP contribution < -0.4 is 5.73 Å². The normalized spacial score (nSPS) is 13.3. The van der Waals surface area contributed by atoms with E-state index in [0.29, 0.717) is 33.0 Å². The van der Waals surface area contributed by atoms with Crippen LogP contribution in [0.3, 0.4) is 0 Å². The van der Waals surface area contributed by atoms with E-state index >= 15 is 0 Å². The summed E-state index contributed by atoms with van der Waals surface area (Å²) >= 11 is 0. The summed E-state index contributed by atoms with van der Waals surface area (Å²) in [5.74, 6) is 0. The predicted molar refractivity (Wildman–Crippen MR) is 83.5 cm³/mol. The second-order valence-electron chi connectivity index (χ2n) is 4.83. The maximum Gasteiger partial charge on any atom is 0.529 e. The molecule has 0 aliphatic rings. The van der Waals surface area contributed by atoms with Gasteiger partial charge >= 0.3 is 8.80 Å². The molecule has 0 rings (SSSR count). The molecule has 5 nitrogen and oxygen atoms in total. The first kappa shape index (κ1) is 19.8. The van der Waals surface area contributed by atoms with Gasteiger partial charge in [-0.3, -0.25) is 0 Å². The SMILES string of the molecule is CCO[Si](C=CC(C)(C)OCCCN)(OCC)OCC. The number of hydrogen-bond donors (Lipinski definition) is 1. The Labute approximate surface area is 124 Å². The van der Waals surface area contributed by atoms with Crippen molar-refractivity contribution in [1.82, 2.24) is 0 Å². The van der Waals surface area contributed by atoms with Gasteiger partial charge in [-0.2, -0.15) is 0 Å². The lowest BCUT2D eigenvalue weighted by atomic mass is 10.1. The molecule has 6 heteroatoms. The monoisotopic (exact) mass is 305 g/mol. The molecule has 0 heterocycles. The zero-order valence-corrected chi connectivity index (χ0v) is 14.6. The summed E-state index contributed by atoms with van der Waals surface area (Å²) in [4.78, 5) is 0. The molecule has 120 valence electrons. The van der Waals surface area contributed by atoms with E-state index in [4.69, 9.17) is 23.7 Å². The molecular weight excluding hydrogens is 274 g/mol. The van der Waals surface area contributed by atoms with Gasteiger partial charge in [0.25, 0.3) is 0 Å². The fourth-order valence-electron chi connectivity index (χ4n) is 1.64. The lowest BCUT2D eigenvalue weighted by molar-refractivity contribution is 0.0184. The van der Waals surface area contributed by atoms with Gasteiger partial charge in [0.2, 0.25) is 0 Å². The molecule has 2 N–H and O–H groups in total. The average molecular weight is 305 g/mol. The van der Waals surface area contributed by atoms with Crippen LogP contribution in [0, 0.1) is 0 Å². The zero-order valence-electron chi connectivity index (χ0n) is 13.6. The van der Waals surface area contributed by atoms with Crippen molar-refractivity contribution >= 4 is 8.80 Å². The molecule has 0 aliphatic carbocycles. The van der Waals surface area contributed by atoms with Gasteiger partial charge in [-0.15, -0.1) is 0 Å². The highest BCUT2D eigenvalue weighted by atomic mass is 28.4. The fourth-order valence-corrected chi connectivity index (χ4v) is 3.99. The molecule has 0 radical (unpaired) electrons. The highest BCUT2D eigenvalue weighted by Crippen LogP contribution is 2.17. The van der Waals surface area contributed by atoms with Gasteiger partial charge in [0.05, 0.1) is 5.60 Å². The van der Waals surface area contributed by atoms with Crippen LogP contribution in [0.1, 0.15) is 41.0 Å².